The van der Waals surface area contributed by atoms with Gasteiger partial charge in [-0.15, -0.1) is 11.8 Å². The quantitative estimate of drug-likeness (QED) is 0.312. The van der Waals surface area contributed by atoms with Gasteiger partial charge in [0.1, 0.15) is 11.5 Å². The third kappa shape index (κ3) is 8.33. The molecule has 2 saturated heterocycles. The zero-order valence-corrected chi connectivity index (χ0v) is 21.1. The van der Waals surface area contributed by atoms with Crippen LogP contribution in [0, 0.1) is 0 Å². The first-order chi connectivity index (χ1) is 16.4. The Morgan fingerprint density at radius 2 is 1.03 bits per heavy atom. The first-order valence-corrected chi connectivity index (χ1v) is 12.0. The molecule has 14 heteroatoms. The third-order valence-electron chi connectivity index (χ3n) is 4.83. The number of rotatable bonds is 8. The van der Waals surface area contributed by atoms with Crippen LogP contribution in [0.2, 0.25) is 0 Å². The number of hydrogen-bond acceptors (Lipinski definition) is 14. The molecule has 8 atom stereocenters. The van der Waals surface area contributed by atoms with Gasteiger partial charge in [-0.25, -0.2) is 0 Å². The van der Waals surface area contributed by atoms with E-state index in [1.165, 1.54) is 25.6 Å². The number of esters is 5. The van der Waals surface area contributed by atoms with E-state index in [4.69, 9.17) is 37.9 Å². The van der Waals surface area contributed by atoms with Crippen LogP contribution in [0.15, 0.2) is 0 Å². The minimum atomic E-state index is -1.35. The maximum absolute atomic E-state index is 11.8. The van der Waals surface area contributed by atoms with Crippen LogP contribution in [0.5, 0.6) is 0 Å². The van der Waals surface area contributed by atoms with Crippen LogP contribution >= 0.6 is 11.8 Å². The van der Waals surface area contributed by atoms with E-state index in [0.29, 0.717) is 0 Å². The summed E-state index contributed by atoms with van der Waals surface area (Å²) in [6.45, 7) is 5.46. The summed E-state index contributed by atoms with van der Waals surface area (Å²) in [5.74, 6) is -3.41. The van der Waals surface area contributed by atoms with E-state index in [9.17, 15) is 24.0 Å². The molecule has 0 aromatic heterocycles. The fraction of sp³-hybridized carbons (Fsp3) is 0.762. The van der Waals surface area contributed by atoms with Crippen molar-refractivity contribution in [2.75, 3.05) is 19.5 Å². The van der Waals surface area contributed by atoms with E-state index in [1.54, 1.807) is 6.26 Å². The molecule has 198 valence electrons. The zero-order valence-electron chi connectivity index (χ0n) is 20.2. The van der Waals surface area contributed by atoms with E-state index in [0.717, 1.165) is 20.8 Å². The van der Waals surface area contributed by atoms with Gasteiger partial charge in [-0.1, -0.05) is 0 Å². The average Bonchev–Trinajstić information content (AvgIpc) is 2.72. The summed E-state index contributed by atoms with van der Waals surface area (Å²) in [4.78, 5) is 58.7. The molecule has 13 nitrogen and oxygen atoms in total. The molecule has 2 aliphatic heterocycles. The molecule has 0 N–H and O–H groups in total. The van der Waals surface area contributed by atoms with Crippen molar-refractivity contribution in [1.82, 2.24) is 0 Å². The van der Waals surface area contributed by atoms with E-state index >= 15 is 0 Å². The Kier molecular flexibility index (Phi) is 10.7. The predicted octanol–water partition coefficient (Wildman–Crippen LogP) is 0.106. The van der Waals surface area contributed by atoms with Crippen molar-refractivity contribution < 1.29 is 61.9 Å². The Morgan fingerprint density at radius 1 is 0.600 bits per heavy atom. The Balaban J connectivity index is 2.35. The highest BCUT2D eigenvalue weighted by Gasteiger charge is 2.52. The smallest absolute Gasteiger partial charge is 0.303 e. The Bertz CT molecular complexity index is 802. The highest BCUT2D eigenvalue weighted by molar-refractivity contribution is 7.99. The summed E-state index contributed by atoms with van der Waals surface area (Å²) in [5, 5.41) is 0. The number of thioether (sulfide) groups is 1. The highest BCUT2D eigenvalue weighted by atomic mass is 32.2. The van der Waals surface area contributed by atoms with E-state index in [2.05, 4.69) is 0 Å². The summed E-state index contributed by atoms with van der Waals surface area (Å²) in [6, 6.07) is 0. The summed E-state index contributed by atoms with van der Waals surface area (Å²) in [5.41, 5.74) is -0.651. The Hall–Kier alpha value is -2.42. The molecule has 0 spiro atoms. The van der Waals surface area contributed by atoms with Crippen LogP contribution in [0.1, 0.15) is 34.6 Å². The molecule has 0 saturated carbocycles. The minimum absolute atomic E-state index is 0.0977. The molecule has 35 heavy (non-hydrogen) atoms. The van der Waals surface area contributed by atoms with Gasteiger partial charge in [0.2, 0.25) is 0 Å². The third-order valence-corrected chi connectivity index (χ3v) is 5.70. The number of carbonyl (C=O) groups is 5. The number of carbonyl (C=O) groups excluding carboxylic acids is 5. The van der Waals surface area contributed by atoms with Crippen LogP contribution in [0.3, 0.4) is 0 Å². The summed E-state index contributed by atoms with van der Waals surface area (Å²) in [7, 11) is 0. The van der Waals surface area contributed by atoms with Gasteiger partial charge in [0.05, 0.1) is 13.2 Å². The average molecular weight is 523 g/mol. The Morgan fingerprint density at radius 3 is 1.51 bits per heavy atom. The lowest BCUT2D eigenvalue weighted by Crippen LogP contribution is -2.62. The summed E-state index contributed by atoms with van der Waals surface area (Å²) in [6.07, 6.45) is -6.43. The van der Waals surface area contributed by atoms with Crippen molar-refractivity contribution in [3.05, 3.63) is 0 Å². The van der Waals surface area contributed by atoms with Gasteiger partial charge in [-0.3, -0.25) is 24.0 Å². The molecular formula is C21H30O13S. The van der Waals surface area contributed by atoms with Crippen molar-refractivity contribution in [3.8, 4) is 0 Å². The minimum Gasteiger partial charge on any atom is -0.456 e. The van der Waals surface area contributed by atoms with Gasteiger partial charge in [0.25, 0.3) is 0 Å². The maximum atomic E-state index is 11.8. The van der Waals surface area contributed by atoms with Crippen LogP contribution in [-0.4, -0.2) is 97.7 Å². The molecule has 0 amide bonds. The van der Waals surface area contributed by atoms with Crippen molar-refractivity contribution in [3.63, 3.8) is 0 Å². The monoisotopic (exact) mass is 522 g/mol. The lowest BCUT2D eigenvalue weighted by molar-refractivity contribution is -0.312. The first-order valence-electron chi connectivity index (χ1n) is 10.7. The van der Waals surface area contributed by atoms with Crippen LogP contribution in [-0.2, 0) is 61.9 Å². The normalized spacial score (nSPS) is 32.6. The Labute approximate surface area is 206 Å². The van der Waals surface area contributed by atoms with E-state index in [-0.39, 0.29) is 13.2 Å². The van der Waals surface area contributed by atoms with Gasteiger partial charge < -0.3 is 37.9 Å². The summed E-state index contributed by atoms with van der Waals surface area (Å²) >= 11 is 1.24. The molecule has 2 aliphatic rings. The summed E-state index contributed by atoms with van der Waals surface area (Å²) < 4.78 is 44.0. The number of hydrogen-bond donors (Lipinski definition) is 0. The fourth-order valence-corrected chi connectivity index (χ4v) is 4.40. The van der Waals surface area contributed by atoms with Gasteiger partial charge >= 0.3 is 29.8 Å². The lowest BCUT2D eigenvalue weighted by atomic mass is 10.0. The lowest BCUT2D eigenvalue weighted by Gasteiger charge is -2.44. The molecule has 0 aliphatic carbocycles. The second kappa shape index (κ2) is 13.0. The first kappa shape index (κ1) is 28.8. The molecule has 0 radical (unpaired) electrons. The molecule has 0 aromatic carbocycles. The topological polar surface area (TPSA) is 159 Å². The van der Waals surface area contributed by atoms with Gasteiger partial charge in [-0.2, -0.15) is 0 Å². The molecule has 0 aromatic rings. The molecule has 0 unspecified atom stereocenters. The van der Waals surface area contributed by atoms with Gasteiger partial charge in [0, 0.05) is 34.6 Å². The highest BCUT2D eigenvalue weighted by Crippen LogP contribution is 2.32. The predicted molar refractivity (Wildman–Crippen MR) is 116 cm³/mol. The molecule has 0 bridgehead atoms. The largest absolute Gasteiger partial charge is 0.456 e. The zero-order chi connectivity index (χ0) is 26.3. The van der Waals surface area contributed by atoms with E-state index < -0.39 is 78.2 Å². The molecular weight excluding hydrogens is 492 g/mol. The van der Waals surface area contributed by atoms with Crippen molar-refractivity contribution >= 4 is 41.6 Å². The molecule has 2 heterocycles. The standard InChI is InChI=1S/C21H30O13S/c1-9(22)29-14-7-27-20(18(32-12(4)25)16(14)30-10(2)23)34-15-8-28-21(35-6)19(33-13(5)26)17(15)31-11(3)24/h14-21H,7-8H2,1-6H3/t14-,15-,16+,17+,18-,19-,20+,21+/m1/s1. The van der Waals surface area contributed by atoms with Crippen LogP contribution in [0.25, 0.3) is 0 Å². The fourth-order valence-electron chi connectivity index (χ4n) is 3.71. The second-order valence-electron chi connectivity index (χ2n) is 7.76. The number of ether oxygens (including phenoxy) is 8. The van der Waals surface area contributed by atoms with E-state index in [1.807, 2.05) is 0 Å². The van der Waals surface area contributed by atoms with Gasteiger partial charge in [-0.05, 0) is 6.26 Å². The van der Waals surface area contributed by atoms with Crippen LogP contribution < -0.4 is 0 Å². The van der Waals surface area contributed by atoms with Gasteiger partial charge in [0.15, 0.2) is 36.8 Å². The second-order valence-corrected chi connectivity index (χ2v) is 8.69. The molecule has 2 fully saturated rings. The van der Waals surface area contributed by atoms with Crippen molar-refractivity contribution in [2.24, 2.45) is 0 Å². The maximum Gasteiger partial charge on any atom is 0.303 e. The van der Waals surface area contributed by atoms with Crippen molar-refractivity contribution in [1.29, 1.82) is 0 Å². The van der Waals surface area contributed by atoms with Crippen molar-refractivity contribution in [2.45, 2.75) is 83.0 Å². The van der Waals surface area contributed by atoms with Crippen LogP contribution in [0.4, 0.5) is 0 Å². The SMILES string of the molecule is CS[C@@H]1OC[C@@H](O[C@@H]2OC[C@@H](OC(C)=O)[C@H](OC(C)=O)[C@H]2OC(C)=O)[C@H](OC(C)=O)[C@H]1OC(C)=O. The molecule has 2 rings (SSSR count).